The number of allylic oxidation sites excluding steroid dienone is 4. The third-order valence-electron chi connectivity index (χ3n) is 1.74. The number of rotatable bonds is 0. The Balaban J connectivity index is 2.85. The Labute approximate surface area is 68.3 Å². The van der Waals surface area contributed by atoms with Gasteiger partial charge >= 0.3 is 0 Å². The summed E-state index contributed by atoms with van der Waals surface area (Å²) in [6.07, 6.45) is 12.3. The molecule has 1 aliphatic carbocycles. The van der Waals surface area contributed by atoms with Gasteiger partial charge < -0.3 is 5.73 Å². The fraction of sp³-hybridized carbons (Fsp3) is 0.400. The van der Waals surface area contributed by atoms with Crippen molar-refractivity contribution in [2.75, 3.05) is 0 Å². The van der Waals surface area contributed by atoms with E-state index in [1.165, 1.54) is 0 Å². The van der Waals surface area contributed by atoms with Gasteiger partial charge in [-0.05, 0) is 12.8 Å². The molecule has 2 atom stereocenters. The molecule has 60 valence electrons. The largest absolute Gasteiger partial charge is 0.319 e. The lowest BCUT2D eigenvalue weighted by Crippen LogP contribution is -2.30. The molecule has 0 aliphatic heterocycles. The highest BCUT2D eigenvalue weighted by atomic mass is 14.7. The van der Waals surface area contributed by atoms with Gasteiger partial charge in [-0.2, -0.15) is 0 Å². The monoisotopic (exact) mass is 149 g/mol. The van der Waals surface area contributed by atoms with Crippen molar-refractivity contribution < 1.29 is 0 Å². The first kappa shape index (κ1) is 8.28. The van der Waals surface area contributed by atoms with Crippen LogP contribution in [0.5, 0.6) is 0 Å². The second-order valence-corrected chi connectivity index (χ2v) is 3.33. The van der Waals surface area contributed by atoms with Crippen LogP contribution in [-0.4, -0.2) is 5.54 Å². The van der Waals surface area contributed by atoms with Crippen LogP contribution in [-0.2, 0) is 0 Å². The van der Waals surface area contributed by atoms with Crippen LogP contribution in [0, 0.1) is 5.92 Å². The minimum Gasteiger partial charge on any atom is -0.319 e. The van der Waals surface area contributed by atoms with E-state index in [1.54, 1.807) is 0 Å². The predicted octanol–water partition coefficient (Wildman–Crippen LogP) is 2.02. The first-order valence-electron chi connectivity index (χ1n) is 3.94. The summed E-state index contributed by atoms with van der Waals surface area (Å²) in [5.74, 6) is 0.489. The van der Waals surface area contributed by atoms with Crippen molar-refractivity contribution in [1.29, 1.82) is 0 Å². The topological polar surface area (TPSA) is 26.0 Å². The van der Waals surface area contributed by atoms with Crippen molar-refractivity contribution >= 4 is 0 Å². The van der Waals surface area contributed by atoms with E-state index in [1.807, 2.05) is 31.2 Å². The van der Waals surface area contributed by atoms with Gasteiger partial charge in [0.2, 0.25) is 0 Å². The van der Waals surface area contributed by atoms with E-state index in [2.05, 4.69) is 19.1 Å². The molecule has 0 aromatic heterocycles. The average molecular weight is 149 g/mol. The molecule has 0 saturated heterocycles. The summed E-state index contributed by atoms with van der Waals surface area (Å²) in [4.78, 5) is 0. The zero-order valence-corrected chi connectivity index (χ0v) is 7.12. The van der Waals surface area contributed by atoms with Gasteiger partial charge in [0.05, 0.1) is 0 Å². The van der Waals surface area contributed by atoms with Crippen LogP contribution in [0.2, 0.25) is 0 Å². The van der Waals surface area contributed by atoms with Crippen molar-refractivity contribution in [2.24, 2.45) is 11.7 Å². The van der Waals surface area contributed by atoms with E-state index >= 15 is 0 Å². The molecule has 0 fully saturated rings. The van der Waals surface area contributed by atoms with Crippen LogP contribution in [0.15, 0.2) is 36.5 Å². The molecular formula is C10H15N. The molecule has 1 nitrogen and oxygen atoms in total. The number of hydrogen-bond donors (Lipinski definition) is 1. The first-order chi connectivity index (χ1) is 5.10. The smallest absolute Gasteiger partial charge is 0.0499 e. The van der Waals surface area contributed by atoms with Gasteiger partial charge in [0.1, 0.15) is 0 Å². The van der Waals surface area contributed by atoms with Gasteiger partial charge in [-0.3, -0.25) is 0 Å². The van der Waals surface area contributed by atoms with Crippen molar-refractivity contribution in [3.8, 4) is 0 Å². The summed E-state index contributed by atoms with van der Waals surface area (Å²) in [5.41, 5.74) is 5.62. The van der Waals surface area contributed by atoms with Crippen LogP contribution in [0.3, 0.4) is 0 Å². The van der Waals surface area contributed by atoms with Gasteiger partial charge in [0.25, 0.3) is 0 Å². The lowest BCUT2D eigenvalue weighted by molar-refractivity contribution is 0.722. The Bertz CT molecular complexity index is 209. The van der Waals surface area contributed by atoms with E-state index in [0.29, 0.717) is 5.92 Å². The van der Waals surface area contributed by atoms with Crippen LogP contribution in [0.1, 0.15) is 13.8 Å². The van der Waals surface area contributed by atoms with Gasteiger partial charge in [-0.25, -0.2) is 0 Å². The van der Waals surface area contributed by atoms with Crippen molar-refractivity contribution in [2.45, 2.75) is 19.4 Å². The van der Waals surface area contributed by atoms with Gasteiger partial charge in [0, 0.05) is 5.54 Å². The van der Waals surface area contributed by atoms with Gasteiger partial charge in [0.15, 0.2) is 0 Å². The molecular weight excluding hydrogens is 134 g/mol. The molecule has 2 unspecified atom stereocenters. The summed E-state index contributed by atoms with van der Waals surface area (Å²) < 4.78 is 0. The van der Waals surface area contributed by atoms with E-state index in [0.717, 1.165) is 0 Å². The minimum atomic E-state index is -0.279. The lowest BCUT2D eigenvalue weighted by Gasteiger charge is -2.16. The first-order valence-corrected chi connectivity index (χ1v) is 3.94. The van der Waals surface area contributed by atoms with Crippen LogP contribution in [0.4, 0.5) is 0 Å². The maximum absolute atomic E-state index is 5.90. The molecule has 0 amide bonds. The third-order valence-corrected chi connectivity index (χ3v) is 1.74. The standard InChI is InChI=1S/C10H15N/c1-9-5-3-4-7-10(2,11)8-6-9/h3-9H,11H2,1-2H3/b5-3-,7-4-,8-6-. The second kappa shape index (κ2) is 3.05. The summed E-state index contributed by atoms with van der Waals surface area (Å²) in [7, 11) is 0. The highest BCUT2D eigenvalue weighted by Crippen LogP contribution is 2.10. The highest BCUT2D eigenvalue weighted by Gasteiger charge is 2.09. The summed E-state index contributed by atoms with van der Waals surface area (Å²) >= 11 is 0. The molecule has 0 heterocycles. The van der Waals surface area contributed by atoms with Crippen LogP contribution in [0.25, 0.3) is 0 Å². The summed E-state index contributed by atoms with van der Waals surface area (Å²) in [5, 5.41) is 0. The summed E-state index contributed by atoms with van der Waals surface area (Å²) in [6.45, 7) is 4.13. The Kier molecular flexibility index (Phi) is 2.30. The zero-order chi connectivity index (χ0) is 8.32. The molecule has 0 spiro atoms. The number of hydrogen-bond acceptors (Lipinski definition) is 1. The minimum absolute atomic E-state index is 0.279. The molecule has 2 N–H and O–H groups in total. The predicted molar refractivity (Wildman–Crippen MR) is 49.2 cm³/mol. The second-order valence-electron chi connectivity index (χ2n) is 3.33. The highest BCUT2D eigenvalue weighted by molar-refractivity contribution is 5.23. The maximum atomic E-state index is 5.90. The Morgan fingerprint density at radius 2 is 1.91 bits per heavy atom. The Morgan fingerprint density at radius 3 is 2.64 bits per heavy atom. The molecule has 0 aromatic rings. The summed E-state index contributed by atoms with van der Waals surface area (Å²) in [6, 6.07) is 0. The van der Waals surface area contributed by atoms with Gasteiger partial charge in [-0.15, -0.1) is 0 Å². The van der Waals surface area contributed by atoms with Gasteiger partial charge in [-0.1, -0.05) is 43.4 Å². The van der Waals surface area contributed by atoms with E-state index < -0.39 is 0 Å². The molecule has 0 aromatic carbocycles. The fourth-order valence-electron chi connectivity index (χ4n) is 0.981. The molecule has 1 rings (SSSR count). The molecule has 1 aliphatic rings. The molecule has 0 radical (unpaired) electrons. The molecule has 0 saturated carbocycles. The van der Waals surface area contributed by atoms with Crippen LogP contribution < -0.4 is 5.73 Å². The van der Waals surface area contributed by atoms with E-state index in [4.69, 9.17) is 5.73 Å². The van der Waals surface area contributed by atoms with Crippen molar-refractivity contribution in [3.05, 3.63) is 36.5 Å². The molecule has 0 bridgehead atoms. The Morgan fingerprint density at radius 1 is 1.18 bits per heavy atom. The van der Waals surface area contributed by atoms with Crippen molar-refractivity contribution in [1.82, 2.24) is 0 Å². The van der Waals surface area contributed by atoms with Crippen molar-refractivity contribution in [3.63, 3.8) is 0 Å². The van der Waals surface area contributed by atoms with Crippen LogP contribution >= 0.6 is 0 Å². The molecule has 1 heteroatoms. The fourth-order valence-corrected chi connectivity index (χ4v) is 0.981. The third kappa shape index (κ3) is 2.72. The maximum Gasteiger partial charge on any atom is 0.0499 e. The lowest BCUT2D eigenvalue weighted by atomic mass is 9.97. The normalized spacial score (nSPS) is 45.5. The quantitative estimate of drug-likeness (QED) is 0.524. The Hall–Kier alpha value is -0.820. The SMILES string of the molecule is CC1/C=C\C=C/C(C)(N)/C=C\1. The zero-order valence-electron chi connectivity index (χ0n) is 7.12. The number of nitrogens with two attached hydrogens (primary N) is 1. The van der Waals surface area contributed by atoms with E-state index in [-0.39, 0.29) is 5.54 Å². The van der Waals surface area contributed by atoms with E-state index in [9.17, 15) is 0 Å². The molecule has 11 heavy (non-hydrogen) atoms. The average Bonchev–Trinajstić information content (AvgIpc) is 1.92.